The molecule has 16 heavy (non-hydrogen) atoms. The van der Waals surface area contributed by atoms with E-state index in [1.807, 2.05) is 0 Å². The Balaban J connectivity index is 2.33. The molecule has 0 spiro atoms. The Morgan fingerprint density at radius 2 is 2.06 bits per heavy atom. The number of rotatable bonds is 4. The minimum absolute atomic E-state index is 0.104. The van der Waals surface area contributed by atoms with Crippen LogP contribution in [-0.4, -0.2) is 22.0 Å². The highest BCUT2D eigenvalue weighted by Gasteiger charge is 2.14. The lowest BCUT2D eigenvalue weighted by Crippen LogP contribution is -2.00. The fraction of sp³-hybridized carbons (Fsp3) is 0.200. The Morgan fingerprint density at radius 1 is 1.25 bits per heavy atom. The van der Waals surface area contributed by atoms with Crippen molar-refractivity contribution in [3.05, 3.63) is 30.1 Å². The van der Waals surface area contributed by atoms with Gasteiger partial charge in [-0.2, -0.15) is 4.37 Å². The van der Waals surface area contributed by atoms with Crippen molar-refractivity contribution in [2.45, 2.75) is 0 Å². The topological polar surface area (TPSA) is 35.0 Å². The van der Waals surface area contributed by atoms with Crippen LogP contribution < -0.4 is 4.74 Å². The van der Waals surface area contributed by atoms with E-state index in [-0.39, 0.29) is 12.5 Å². The molecule has 0 fully saturated rings. The van der Waals surface area contributed by atoms with Crippen LogP contribution in [0, 0.1) is 5.82 Å². The predicted molar refractivity (Wildman–Crippen MR) is 56.8 cm³/mol. The van der Waals surface area contributed by atoms with Crippen molar-refractivity contribution in [1.29, 1.82) is 0 Å². The van der Waals surface area contributed by atoms with Gasteiger partial charge < -0.3 is 4.74 Å². The molecule has 0 aliphatic carbocycles. The maximum Gasteiger partial charge on any atom is 0.254 e. The summed E-state index contributed by atoms with van der Waals surface area (Å²) in [6, 6.07) is 6.18. The molecule has 1 aromatic heterocycles. The van der Waals surface area contributed by atoms with Crippen LogP contribution in [0.3, 0.4) is 0 Å². The molecule has 0 saturated carbocycles. The van der Waals surface area contributed by atoms with Crippen LogP contribution in [0.1, 0.15) is 0 Å². The van der Waals surface area contributed by atoms with E-state index in [0.29, 0.717) is 11.3 Å². The summed E-state index contributed by atoms with van der Waals surface area (Å²) in [5.41, 5.74) is 0.627. The molecule has 6 heteroatoms. The molecule has 1 heterocycles. The number of ether oxygens (including phenoxy) is 1. The summed E-state index contributed by atoms with van der Waals surface area (Å²) in [4.78, 5) is 0. The molecule has 0 atom stereocenters. The van der Waals surface area contributed by atoms with Crippen LogP contribution in [0.2, 0.25) is 0 Å². The SMILES string of the molecule is FCCOc1nsnc1-c1ccccc1F. The molecule has 0 unspecified atom stereocenters. The van der Waals surface area contributed by atoms with E-state index in [0.717, 1.165) is 11.7 Å². The molecule has 0 radical (unpaired) electrons. The molecule has 0 bridgehead atoms. The van der Waals surface area contributed by atoms with Crippen LogP contribution >= 0.6 is 11.7 Å². The first-order valence-electron chi connectivity index (χ1n) is 4.59. The molecule has 2 aromatic rings. The third-order valence-corrected chi connectivity index (χ3v) is 2.42. The fourth-order valence-electron chi connectivity index (χ4n) is 1.23. The normalized spacial score (nSPS) is 10.4. The minimum Gasteiger partial charge on any atom is -0.473 e. The number of benzene rings is 1. The number of aromatic nitrogens is 2. The smallest absolute Gasteiger partial charge is 0.254 e. The standard InChI is InChI=1S/C10H8F2N2OS/c11-5-6-15-10-9(13-16-14-10)7-3-1-2-4-8(7)12/h1-4H,5-6H2. The molecule has 84 valence electrons. The quantitative estimate of drug-likeness (QED) is 0.826. The number of hydrogen-bond acceptors (Lipinski definition) is 4. The van der Waals surface area contributed by atoms with E-state index in [9.17, 15) is 8.78 Å². The predicted octanol–water partition coefficient (Wildman–Crippen LogP) is 2.69. The molecular weight excluding hydrogens is 234 g/mol. The Labute approximate surface area is 95.0 Å². The third kappa shape index (κ3) is 2.16. The van der Waals surface area contributed by atoms with Gasteiger partial charge >= 0.3 is 0 Å². The number of alkyl halides is 1. The average molecular weight is 242 g/mol. The molecule has 3 nitrogen and oxygen atoms in total. The van der Waals surface area contributed by atoms with Gasteiger partial charge in [0.1, 0.15) is 19.1 Å². The van der Waals surface area contributed by atoms with E-state index in [4.69, 9.17) is 4.74 Å². The van der Waals surface area contributed by atoms with Gasteiger partial charge in [0.25, 0.3) is 5.88 Å². The monoisotopic (exact) mass is 242 g/mol. The summed E-state index contributed by atoms with van der Waals surface area (Å²) in [6.45, 7) is -0.721. The molecule has 1 aromatic carbocycles. The van der Waals surface area contributed by atoms with E-state index in [1.54, 1.807) is 18.2 Å². The third-order valence-electron chi connectivity index (χ3n) is 1.90. The van der Waals surface area contributed by atoms with Crippen molar-refractivity contribution < 1.29 is 13.5 Å². The van der Waals surface area contributed by atoms with Crippen molar-refractivity contribution in [1.82, 2.24) is 8.75 Å². The molecule has 0 aliphatic heterocycles. The van der Waals surface area contributed by atoms with Gasteiger partial charge in [-0.3, -0.25) is 0 Å². The molecule has 0 saturated heterocycles. The second-order valence-corrected chi connectivity index (χ2v) is 3.46. The zero-order valence-electron chi connectivity index (χ0n) is 8.19. The molecule has 0 aliphatic rings. The number of halogens is 2. The highest BCUT2D eigenvalue weighted by molar-refractivity contribution is 6.99. The maximum atomic E-state index is 13.5. The summed E-state index contributed by atoms with van der Waals surface area (Å²) in [7, 11) is 0. The lowest BCUT2D eigenvalue weighted by atomic mass is 10.1. The Kier molecular flexibility index (Phi) is 3.40. The van der Waals surface area contributed by atoms with Crippen LogP contribution in [-0.2, 0) is 0 Å². The first-order chi connectivity index (χ1) is 7.83. The van der Waals surface area contributed by atoms with Gasteiger partial charge in [-0.15, -0.1) is 4.37 Å². The van der Waals surface area contributed by atoms with E-state index >= 15 is 0 Å². The van der Waals surface area contributed by atoms with Crippen LogP contribution in [0.4, 0.5) is 8.78 Å². The Bertz CT molecular complexity index is 475. The van der Waals surface area contributed by atoms with Gasteiger partial charge in [0.2, 0.25) is 0 Å². The summed E-state index contributed by atoms with van der Waals surface area (Å²) < 4.78 is 38.2. The maximum absolute atomic E-state index is 13.5. The summed E-state index contributed by atoms with van der Waals surface area (Å²) in [5, 5.41) is 0. The Morgan fingerprint density at radius 3 is 2.81 bits per heavy atom. The minimum atomic E-state index is -0.617. The van der Waals surface area contributed by atoms with Crippen molar-refractivity contribution >= 4 is 11.7 Å². The second-order valence-electron chi connectivity index (χ2n) is 2.94. The van der Waals surface area contributed by atoms with Crippen molar-refractivity contribution in [3.63, 3.8) is 0 Å². The number of hydrogen-bond donors (Lipinski definition) is 0. The summed E-state index contributed by atoms with van der Waals surface area (Å²) >= 11 is 0.906. The van der Waals surface area contributed by atoms with Gasteiger partial charge in [0.05, 0.1) is 11.7 Å². The van der Waals surface area contributed by atoms with Crippen LogP contribution in [0.25, 0.3) is 11.3 Å². The summed E-state index contributed by atoms with van der Waals surface area (Å²) in [5.74, 6) is -0.229. The lowest BCUT2D eigenvalue weighted by molar-refractivity contribution is 0.267. The zero-order chi connectivity index (χ0) is 11.4. The highest BCUT2D eigenvalue weighted by Crippen LogP contribution is 2.29. The van der Waals surface area contributed by atoms with E-state index < -0.39 is 12.5 Å². The number of nitrogens with zero attached hydrogens (tertiary/aromatic N) is 2. The fourth-order valence-corrected chi connectivity index (χ4v) is 1.74. The lowest BCUT2D eigenvalue weighted by Gasteiger charge is -2.02. The zero-order valence-corrected chi connectivity index (χ0v) is 9.01. The van der Waals surface area contributed by atoms with Crippen molar-refractivity contribution in [3.8, 4) is 17.1 Å². The molecule has 0 N–H and O–H groups in total. The van der Waals surface area contributed by atoms with Gasteiger partial charge in [0.15, 0.2) is 5.69 Å². The first-order valence-corrected chi connectivity index (χ1v) is 5.32. The summed E-state index contributed by atoms with van der Waals surface area (Å²) in [6.07, 6.45) is 0. The van der Waals surface area contributed by atoms with E-state index in [2.05, 4.69) is 8.75 Å². The van der Waals surface area contributed by atoms with Crippen LogP contribution in [0.5, 0.6) is 5.88 Å². The molecule has 0 amide bonds. The molecular formula is C10H8F2N2OS. The second kappa shape index (κ2) is 4.98. The van der Waals surface area contributed by atoms with Gasteiger partial charge in [-0.05, 0) is 12.1 Å². The van der Waals surface area contributed by atoms with Crippen molar-refractivity contribution in [2.75, 3.05) is 13.3 Å². The Hall–Kier alpha value is -1.56. The van der Waals surface area contributed by atoms with Gasteiger partial charge in [-0.25, -0.2) is 8.78 Å². The van der Waals surface area contributed by atoms with Crippen molar-refractivity contribution in [2.24, 2.45) is 0 Å². The average Bonchev–Trinajstić information content (AvgIpc) is 2.75. The van der Waals surface area contributed by atoms with E-state index in [1.165, 1.54) is 6.07 Å². The first kappa shape index (κ1) is 10.9. The van der Waals surface area contributed by atoms with Crippen LogP contribution in [0.15, 0.2) is 24.3 Å². The van der Waals surface area contributed by atoms with Gasteiger partial charge in [-0.1, -0.05) is 12.1 Å². The van der Waals surface area contributed by atoms with Gasteiger partial charge in [0, 0.05) is 5.56 Å². The largest absolute Gasteiger partial charge is 0.473 e. The molecule has 2 rings (SSSR count). The highest BCUT2D eigenvalue weighted by atomic mass is 32.1.